The van der Waals surface area contributed by atoms with Gasteiger partial charge in [0, 0.05) is 18.1 Å². The number of imidazole rings is 1. The van der Waals surface area contributed by atoms with Gasteiger partial charge in [-0.1, -0.05) is 63.8 Å². The fraction of sp³-hybridized carbons (Fsp3) is 0.542. The SMILES string of the molecule is CCCCCCCn1c2c([n+](CCCCC)c1C)C(=O)c1ccccc1C2=O.[Br-]. The predicted molar refractivity (Wildman–Crippen MR) is 111 cm³/mol. The molecule has 0 aliphatic heterocycles. The Morgan fingerprint density at radius 2 is 1.41 bits per heavy atom. The fourth-order valence-electron chi connectivity index (χ4n) is 4.26. The fourth-order valence-corrected chi connectivity index (χ4v) is 4.26. The molecule has 0 fully saturated rings. The minimum Gasteiger partial charge on any atom is -1.00 e. The summed E-state index contributed by atoms with van der Waals surface area (Å²) in [6.45, 7) is 8.06. The minimum atomic E-state index is -0.00506. The Morgan fingerprint density at radius 3 is 2.07 bits per heavy atom. The number of hydrogen-bond acceptors (Lipinski definition) is 2. The molecule has 5 heteroatoms. The van der Waals surface area contributed by atoms with Gasteiger partial charge in [0.05, 0.1) is 13.1 Å². The van der Waals surface area contributed by atoms with Crippen LogP contribution in [0.1, 0.15) is 103 Å². The van der Waals surface area contributed by atoms with Crippen molar-refractivity contribution in [3.8, 4) is 0 Å². The zero-order valence-electron chi connectivity index (χ0n) is 18.0. The number of carbonyl (C=O) groups excluding carboxylic acids is 2. The molecule has 0 saturated carbocycles. The molecule has 1 aliphatic rings. The van der Waals surface area contributed by atoms with Crippen LogP contribution in [-0.4, -0.2) is 16.1 Å². The Morgan fingerprint density at radius 1 is 0.828 bits per heavy atom. The van der Waals surface area contributed by atoms with E-state index in [0.29, 0.717) is 22.5 Å². The van der Waals surface area contributed by atoms with Crippen molar-refractivity contribution in [2.24, 2.45) is 0 Å². The van der Waals surface area contributed by atoms with E-state index in [2.05, 4.69) is 29.9 Å². The lowest BCUT2D eigenvalue weighted by Crippen LogP contribution is -3.00. The number of halogens is 1. The van der Waals surface area contributed by atoms with Crippen molar-refractivity contribution in [2.75, 3.05) is 0 Å². The lowest BCUT2D eigenvalue weighted by molar-refractivity contribution is -0.704. The number of hydrogen-bond donors (Lipinski definition) is 0. The number of aromatic nitrogens is 2. The average Bonchev–Trinajstić information content (AvgIpc) is 2.98. The summed E-state index contributed by atoms with van der Waals surface area (Å²) in [5, 5.41) is 0. The summed E-state index contributed by atoms with van der Waals surface area (Å²) in [6.07, 6.45) is 9.19. The minimum absolute atomic E-state index is 0. The van der Waals surface area contributed by atoms with Gasteiger partial charge in [-0.25, -0.2) is 9.13 Å². The molecule has 1 heterocycles. The van der Waals surface area contributed by atoms with Gasteiger partial charge in [0.25, 0.3) is 5.82 Å². The lowest BCUT2D eigenvalue weighted by Gasteiger charge is -2.13. The molecule has 1 aromatic heterocycles. The van der Waals surface area contributed by atoms with Crippen molar-refractivity contribution in [2.45, 2.75) is 85.2 Å². The molecule has 0 unspecified atom stereocenters. The summed E-state index contributed by atoms with van der Waals surface area (Å²) < 4.78 is 4.22. The molecule has 0 amide bonds. The molecule has 1 aromatic carbocycles. The highest BCUT2D eigenvalue weighted by Gasteiger charge is 2.42. The number of benzene rings is 1. The molecule has 29 heavy (non-hydrogen) atoms. The molecule has 3 rings (SSSR count). The van der Waals surface area contributed by atoms with Crippen LogP contribution >= 0.6 is 0 Å². The summed E-state index contributed by atoms with van der Waals surface area (Å²) in [4.78, 5) is 26.6. The highest BCUT2D eigenvalue weighted by atomic mass is 79.9. The van der Waals surface area contributed by atoms with Gasteiger partial charge in [-0.3, -0.25) is 9.59 Å². The monoisotopic (exact) mass is 460 g/mol. The third kappa shape index (κ3) is 4.71. The number of unbranched alkanes of at least 4 members (excludes halogenated alkanes) is 6. The van der Waals surface area contributed by atoms with Crippen LogP contribution in [0.25, 0.3) is 0 Å². The highest BCUT2D eigenvalue weighted by molar-refractivity contribution is 6.26. The summed E-state index contributed by atoms with van der Waals surface area (Å²) >= 11 is 0. The molecule has 0 bridgehead atoms. The van der Waals surface area contributed by atoms with Gasteiger partial charge in [-0.2, -0.15) is 0 Å². The Hall–Kier alpha value is -1.75. The first-order valence-electron chi connectivity index (χ1n) is 10.9. The van der Waals surface area contributed by atoms with Gasteiger partial charge in [0.1, 0.15) is 0 Å². The first kappa shape index (κ1) is 23.5. The second-order valence-electron chi connectivity index (χ2n) is 7.87. The standard InChI is InChI=1S/C24H33N2O2.BrH/c1-4-6-8-9-13-17-26-18(3)25(16-12-7-5-2)21-22(26)24(28)20-15-11-10-14-19(20)23(21)27;/h10-11,14-15H,4-9,12-13,16-17H2,1-3H3;1H/q+1;/p-1. The zero-order chi connectivity index (χ0) is 20.1. The van der Waals surface area contributed by atoms with E-state index in [0.717, 1.165) is 51.0 Å². The molecule has 2 aromatic rings. The van der Waals surface area contributed by atoms with E-state index in [1.807, 2.05) is 12.1 Å². The largest absolute Gasteiger partial charge is 1.00 e. The van der Waals surface area contributed by atoms with Gasteiger partial charge in [0.2, 0.25) is 23.0 Å². The topological polar surface area (TPSA) is 43.0 Å². The Balaban J connectivity index is 0.00000300. The Labute approximate surface area is 185 Å². The van der Waals surface area contributed by atoms with E-state index in [9.17, 15) is 9.59 Å². The summed E-state index contributed by atoms with van der Waals surface area (Å²) in [7, 11) is 0. The van der Waals surface area contributed by atoms with Crippen LogP contribution in [-0.2, 0) is 13.1 Å². The molecule has 1 aliphatic carbocycles. The number of fused-ring (bicyclic) bond motifs is 2. The number of nitrogens with zero attached hydrogens (tertiary/aromatic N) is 2. The van der Waals surface area contributed by atoms with Gasteiger partial charge in [0.15, 0.2) is 0 Å². The van der Waals surface area contributed by atoms with Gasteiger partial charge in [-0.15, -0.1) is 0 Å². The predicted octanol–water partition coefficient (Wildman–Crippen LogP) is 2.02. The third-order valence-corrected chi connectivity index (χ3v) is 5.86. The molecule has 4 nitrogen and oxygen atoms in total. The van der Waals surface area contributed by atoms with Crippen LogP contribution in [0.2, 0.25) is 0 Å². The number of ketones is 2. The Kier molecular flexibility index (Phi) is 8.81. The molecule has 0 spiro atoms. The molecular weight excluding hydrogens is 428 g/mol. The van der Waals surface area contributed by atoms with Crippen molar-refractivity contribution in [1.82, 2.24) is 4.57 Å². The third-order valence-electron chi connectivity index (χ3n) is 5.86. The van der Waals surface area contributed by atoms with Gasteiger partial charge < -0.3 is 17.0 Å². The zero-order valence-corrected chi connectivity index (χ0v) is 19.6. The van der Waals surface area contributed by atoms with Crippen LogP contribution in [0.4, 0.5) is 0 Å². The number of carbonyl (C=O) groups is 2. The molecule has 0 saturated heterocycles. The molecule has 0 atom stereocenters. The first-order valence-corrected chi connectivity index (χ1v) is 10.9. The van der Waals surface area contributed by atoms with Crippen molar-refractivity contribution in [1.29, 1.82) is 0 Å². The lowest BCUT2D eigenvalue weighted by atomic mass is 9.90. The Bertz CT molecular complexity index is 870. The van der Waals surface area contributed by atoms with E-state index in [1.54, 1.807) is 12.1 Å². The first-order chi connectivity index (χ1) is 13.6. The van der Waals surface area contributed by atoms with Crippen molar-refractivity contribution >= 4 is 11.6 Å². The molecular formula is C24H33BrN2O2. The summed E-state index contributed by atoms with van der Waals surface area (Å²) in [6, 6.07) is 7.25. The van der Waals surface area contributed by atoms with Gasteiger partial charge >= 0.3 is 0 Å². The van der Waals surface area contributed by atoms with Crippen LogP contribution in [0.3, 0.4) is 0 Å². The van der Waals surface area contributed by atoms with Crippen LogP contribution in [0.15, 0.2) is 24.3 Å². The molecule has 158 valence electrons. The van der Waals surface area contributed by atoms with Crippen LogP contribution in [0, 0.1) is 6.92 Å². The van der Waals surface area contributed by atoms with Crippen LogP contribution < -0.4 is 21.5 Å². The average molecular weight is 461 g/mol. The van der Waals surface area contributed by atoms with E-state index in [-0.39, 0.29) is 28.5 Å². The second-order valence-corrected chi connectivity index (χ2v) is 7.87. The summed E-state index contributed by atoms with van der Waals surface area (Å²) in [5.74, 6) is 1.02. The van der Waals surface area contributed by atoms with E-state index in [4.69, 9.17) is 0 Å². The van der Waals surface area contributed by atoms with Crippen molar-refractivity contribution in [3.63, 3.8) is 0 Å². The summed E-state index contributed by atoms with van der Waals surface area (Å²) in [5.41, 5.74) is 2.30. The maximum absolute atomic E-state index is 13.3. The van der Waals surface area contributed by atoms with E-state index in [1.165, 1.54) is 19.3 Å². The smallest absolute Gasteiger partial charge is 0.254 e. The number of rotatable bonds is 10. The maximum Gasteiger partial charge on any atom is 0.254 e. The molecule has 0 radical (unpaired) electrons. The van der Waals surface area contributed by atoms with E-state index < -0.39 is 0 Å². The second kappa shape index (κ2) is 10.9. The van der Waals surface area contributed by atoms with Crippen molar-refractivity contribution < 1.29 is 31.1 Å². The normalized spacial score (nSPS) is 12.5. The quantitative estimate of drug-likeness (QED) is 0.343. The molecule has 0 N–H and O–H groups in total. The van der Waals surface area contributed by atoms with Crippen molar-refractivity contribution in [3.05, 3.63) is 52.6 Å². The van der Waals surface area contributed by atoms with E-state index >= 15 is 0 Å². The maximum atomic E-state index is 13.3. The van der Waals surface area contributed by atoms with Gasteiger partial charge in [-0.05, 0) is 25.7 Å². The van der Waals surface area contributed by atoms with Crippen LogP contribution in [0.5, 0.6) is 0 Å². The highest BCUT2D eigenvalue weighted by Crippen LogP contribution is 2.27.